The summed E-state index contributed by atoms with van der Waals surface area (Å²) in [6, 6.07) is 2.36. The minimum atomic E-state index is 0.724. The fraction of sp³-hybridized carbons (Fsp3) is 1.00. The maximum atomic E-state index is 3.83. The van der Waals surface area contributed by atoms with E-state index in [-0.39, 0.29) is 0 Å². The molecule has 1 saturated carbocycles. The molecule has 0 aromatic rings. The maximum Gasteiger partial charge on any atom is 0.0210 e. The van der Waals surface area contributed by atoms with Crippen LogP contribution in [0.15, 0.2) is 0 Å². The van der Waals surface area contributed by atoms with Gasteiger partial charge in [-0.2, -0.15) is 0 Å². The van der Waals surface area contributed by atoms with E-state index in [1.165, 1.54) is 38.8 Å². The summed E-state index contributed by atoms with van der Waals surface area (Å²) in [5, 5.41) is 3.83. The van der Waals surface area contributed by atoms with Gasteiger partial charge in [0.05, 0.1) is 0 Å². The summed E-state index contributed by atoms with van der Waals surface area (Å²) in [6.45, 7) is 9.47. The van der Waals surface area contributed by atoms with E-state index in [9.17, 15) is 0 Å². The van der Waals surface area contributed by atoms with Crippen molar-refractivity contribution >= 4 is 0 Å². The van der Waals surface area contributed by atoms with Crippen LogP contribution in [0.1, 0.15) is 46.5 Å². The largest absolute Gasteiger partial charge is 0.310 e. The van der Waals surface area contributed by atoms with Crippen LogP contribution in [0, 0.1) is 5.92 Å². The van der Waals surface area contributed by atoms with Crippen LogP contribution in [-0.4, -0.2) is 36.1 Å². The highest BCUT2D eigenvalue weighted by Crippen LogP contribution is 2.35. The summed E-state index contributed by atoms with van der Waals surface area (Å²) in [5.41, 5.74) is 0. The number of hydrogen-bond donors (Lipinski definition) is 1. The Labute approximate surface area is 94.4 Å². The molecule has 1 aliphatic heterocycles. The third kappa shape index (κ3) is 2.94. The van der Waals surface area contributed by atoms with Gasteiger partial charge in [0.1, 0.15) is 0 Å². The number of nitrogens with zero attached hydrogens (tertiary/aromatic N) is 1. The van der Waals surface area contributed by atoms with E-state index in [0.717, 1.165) is 24.0 Å². The van der Waals surface area contributed by atoms with E-state index >= 15 is 0 Å². The van der Waals surface area contributed by atoms with Gasteiger partial charge in [0.2, 0.25) is 0 Å². The van der Waals surface area contributed by atoms with Crippen LogP contribution in [0.25, 0.3) is 0 Å². The van der Waals surface area contributed by atoms with E-state index < -0.39 is 0 Å². The molecule has 1 heterocycles. The molecular weight excluding hydrogens is 184 g/mol. The molecule has 3 unspecified atom stereocenters. The highest BCUT2D eigenvalue weighted by atomic mass is 15.2. The summed E-state index contributed by atoms with van der Waals surface area (Å²) in [7, 11) is 0. The first-order chi connectivity index (χ1) is 7.20. The Morgan fingerprint density at radius 2 is 2.20 bits per heavy atom. The van der Waals surface area contributed by atoms with Gasteiger partial charge in [-0.25, -0.2) is 0 Å². The molecule has 15 heavy (non-hydrogen) atoms. The summed E-state index contributed by atoms with van der Waals surface area (Å²) < 4.78 is 0. The molecular formula is C13H26N2. The Morgan fingerprint density at radius 3 is 2.80 bits per heavy atom. The number of hydrogen-bond acceptors (Lipinski definition) is 2. The molecule has 88 valence electrons. The van der Waals surface area contributed by atoms with Crippen molar-refractivity contribution in [1.82, 2.24) is 10.2 Å². The number of rotatable bonds is 5. The van der Waals surface area contributed by atoms with Crippen LogP contribution in [-0.2, 0) is 0 Å². The predicted molar refractivity (Wildman–Crippen MR) is 65.1 cm³/mol. The predicted octanol–water partition coefficient (Wildman–Crippen LogP) is 2.25. The lowest BCUT2D eigenvalue weighted by atomic mass is 10.2. The first kappa shape index (κ1) is 11.4. The second-order valence-corrected chi connectivity index (χ2v) is 5.63. The van der Waals surface area contributed by atoms with Crippen molar-refractivity contribution in [3.8, 4) is 0 Å². The van der Waals surface area contributed by atoms with E-state index in [1.807, 2.05) is 0 Å². The van der Waals surface area contributed by atoms with Crippen LogP contribution in [0.2, 0.25) is 0 Å². The molecule has 0 bridgehead atoms. The first-order valence-electron chi connectivity index (χ1n) is 6.70. The minimum absolute atomic E-state index is 0.724. The van der Waals surface area contributed by atoms with Gasteiger partial charge in [-0.1, -0.05) is 13.3 Å². The van der Waals surface area contributed by atoms with E-state index in [0.29, 0.717) is 0 Å². The third-order valence-electron chi connectivity index (χ3n) is 3.98. The van der Waals surface area contributed by atoms with E-state index in [2.05, 4.69) is 31.0 Å². The van der Waals surface area contributed by atoms with Crippen molar-refractivity contribution in [1.29, 1.82) is 0 Å². The number of nitrogens with one attached hydrogen (secondary N) is 1. The molecule has 1 aliphatic carbocycles. The Morgan fingerprint density at radius 1 is 1.40 bits per heavy atom. The van der Waals surface area contributed by atoms with Gasteiger partial charge in [0, 0.05) is 24.7 Å². The van der Waals surface area contributed by atoms with Gasteiger partial charge in [-0.05, 0) is 45.6 Å². The minimum Gasteiger partial charge on any atom is -0.310 e. The Kier molecular flexibility index (Phi) is 3.68. The van der Waals surface area contributed by atoms with Crippen molar-refractivity contribution in [2.24, 2.45) is 5.92 Å². The lowest BCUT2D eigenvalue weighted by molar-refractivity contribution is 0.267. The number of likely N-dealkylation sites (tertiary alicyclic amines) is 1. The molecule has 0 aromatic heterocycles. The summed E-state index contributed by atoms with van der Waals surface area (Å²) in [6.07, 6.45) is 5.57. The summed E-state index contributed by atoms with van der Waals surface area (Å²) in [5.74, 6) is 1.00. The van der Waals surface area contributed by atoms with Gasteiger partial charge in [-0.15, -0.1) is 0 Å². The smallest absolute Gasteiger partial charge is 0.0210 e. The SMILES string of the molecule is CCCC1CC1NC1CCN(C(C)C)C1. The monoisotopic (exact) mass is 210 g/mol. The van der Waals surface area contributed by atoms with Crippen molar-refractivity contribution in [3.63, 3.8) is 0 Å². The molecule has 2 heteroatoms. The van der Waals surface area contributed by atoms with Crippen molar-refractivity contribution < 1.29 is 0 Å². The zero-order chi connectivity index (χ0) is 10.8. The fourth-order valence-electron chi connectivity index (χ4n) is 2.84. The van der Waals surface area contributed by atoms with Crippen LogP contribution < -0.4 is 5.32 Å². The van der Waals surface area contributed by atoms with E-state index in [1.54, 1.807) is 0 Å². The van der Waals surface area contributed by atoms with E-state index in [4.69, 9.17) is 0 Å². The molecule has 0 amide bonds. The Bertz CT molecular complexity index is 203. The molecule has 1 N–H and O–H groups in total. The van der Waals surface area contributed by atoms with Crippen molar-refractivity contribution in [2.75, 3.05) is 13.1 Å². The fourth-order valence-corrected chi connectivity index (χ4v) is 2.84. The lowest BCUT2D eigenvalue weighted by Gasteiger charge is -2.20. The van der Waals surface area contributed by atoms with Crippen LogP contribution in [0.4, 0.5) is 0 Å². The van der Waals surface area contributed by atoms with Crippen molar-refractivity contribution in [3.05, 3.63) is 0 Å². The first-order valence-corrected chi connectivity index (χ1v) is 6.70. The Balaban J connectivity index is 1.66. The zero-order valence-electron chi connectivity index (χ0n) is 10.5. The van der Waals surface area contributed by atoms with Gasteiger partial charge < -0.3 is 5.32 Å². The summed E-state index contributed by atoms with van der Waals surface area (Å²) >= 11 is 0. The average molecular weight is 210 g/mol. The quantitative estimate of drug-likeness (QED) is 0.749. The van der Waals surface area contributed by atoms with Crippen LogP contribution >= 0.6 is 0 Å². The third-order valence-corrected chi connectivity index (χ3v) is 3.98. The Hall–Kier alpha value is -0.0800. The average Bonchev–Trinajstić information content (AvgIpc) is 2.75. The second kappa shape index (κ2) is 4.84. The molecule has 2 nitrogen and oxygen atoms in total. The van der Waals surface area contributed by atoms with Gasteiger partial charge >= 0.3 is 0 Å². The lowest BCUT2D eigenvalue weighted by Crippen LogP contribution is -2.36. The molecule has 2 rings (SSSR count). The molecule has 0 aromatic carbocycles. The zero-order valence-corrected chi connectivity index (χ0v) is 10.5. The molecule has 0 radical (unpaired) electrons. The van der Waals surface area contributed by atoms with Gasteiger partial charge in [0.25, 0.3) is 0 Å². The van der Waals surface area contributed by atoms with Crippen molar-refractivity contribution in [2.45, 2.75) is 64.6 Å². The molecule has 1 saturated heterocycles. The molecule has 2 aliphatic rings. The maximum absolute atomic E-state index is 3.83. The van der Waals surface area contributed by atoms with Gasteiger partial charge in [-0.3, -0.25) is 4.90 Å². The molecule has 2 fully saturated rings. The molecule has 0 spiro atoms. The highest BCUT2D eigenvalue weighted by Gasteiger charge is 2.38. The standard InChI is InChI=1S/C13H26N2/c1-4-5-11-8-13(11)14-12-6-7-15(9-12)10(2)3/h10-14H,4-9H2,1-3H3. The van der Waals surface area contributed by atoms with Gasteiger partial charge in [0.15, 0.2) is 0 Å². The van der Waals surface area contributed by atoms with Crippen LogP contribution in [0.3, 0.4) is 0 Å². The summed E-state index contributed by atoms with van der Waals surface area (Å²) in [4.78, 5) is 2.59. The topological polar surface area (TPSA) is 15.3 Å². The van der Waals surface area contributed by atoms with Crippen LogP contribution in [0.5, 0.6) is 0 Å². The highest BCUT2D eigenvalue weighted by molar-refractivity contribution is 4.96. The molecule has 3 atom stereocenters. The normalized spacial score (nSPS) is 36.4. The second-order valence-electron chi connectivity index (χ2n) is 5.63.